The molecule has 0 radical (unpaired) electrons. The highest BCUT2D eigenvalue weighted by Crippen LogP contribution is 2.44. The van der Waals surface area contributed by atoms with E-state index in [1.165, 1.54) is 0 Å². The van der Waals surface area contributed by atoms with Crippen LogP contribution in [0, 0.1) is 0 Å². The number of ether oxygens (including phenoxy) is 2. The summed E-state index contributed by atoms with van der Waals surface area (Å²) in [7, 11) is 1.64. The number of fused-ring (bicyclic) bond motifs is 1. The Kier molecular flexibility index (Phi) is 6.62. The van der Waals surface area contributed by atoms with E-state index in [1.54, 1.807) is 19.2 Å². The molecule has 4 aromatic rings. The molecule has 1 amide bonds. The number of nitrogens with zero attached hydrogens (tertiary/aromatic N) is 2. The Bertz CT molecular complexity index is 1360. The zero-order valence-corrected chi connectivity index (χ0v) is 20.4. The first kappa shape index (κ1) is 23.5. The van der Waals surface area contributed by atoms with E-state index in [0.717, 1.165) is 34.6 Å². The highest BCUT2D eigenvalue weighted by Gasteiger charge is 2.42. The SMILES string of the molecule is CCCOc1cccc([C@H]2c3c(-c4ccccc4O)n[nH]c3C(=O)N2CCc2ccc(OC)cc2)c1. The number of methoxy groups -OCH3 is 1. The van der Waals surface area contributed by atoms with Crippen LogP contribution < -0.4 is 9.47 Å². The van der Waals surface area contributed by atoms with Gasteiger partial charge in [0.2, 0.25) is 0 Å². The fourth-order valence-electron chi connectivity index (χ4n) is 4.69. The molecule has 0 aliphatic carbocycles. The second-order valence-electron chi connectivity index (χ2n) is 8.80. The molecule has 0 saturated heterocycles. The first-order valence-corrected chi connectivity index (χ1v) is 12.1. The number of carbonyl (C=O) groups excluding carboxylic acids is 1. The van der Waals surface area contributed by atoms with Crippen LogP contribution in [0.4, 0.5) is 0 Å². The summed E-state index contributed by atoms with van der Waals surface area (Å²) in [6, 6.07) is 22.4. The van der Waals surface area contributed by atoms with E-state index in [9.17, 15) is 9.90 Å². The van der Waals surface area contributed by atoms with Gasteiger partial charge in [-0.15, -0.1) is 0 Å². The molecule has 0 unspecified atom stereocenters. The summed E-state index contributed by atoms with van der Waals surface area (Å²) in [5.41, 5.74) is 4.42. The lowest BCUT2D eigenvalue weighted by Gasteiger charge is -2.27. The third kappa shape index (κ3) is 4.40. The number of carbonyl (C=O) groups is 1. The van der Waals surface area contributed by atoms with Gasteiger partial charge in [0.25, 0.3) is 5.91 Å². The van der Waals surface area contributed by atoms with E-state index >= 15 is 0 Å². The molecular formula is C29H29N3O4. The number of para-hydroxylation sites is 1. The third-order valence-electron chi connectivity index (χ3n) is 6.47. The number of rotatable bonds is 9. The molecule has 5 rings (SSSR count). The van der Waals surface area contributed by atoms with Crippen LogP contribution >= 0.6 is 0 Å². The van der Waals surface area contributed by atoms with Crippen LogP contribution in [-0.2, 0) is 6.42 Å². The van der Waals surface area contributed by atoms with Gasteiger partial charge in [-0.05, 0) is 60.4 Å². The Morgan fingerprint density at radius 2 is 1.83 bits per heavy atom. The minimum Gasteiger partial charge on any atom is -0.507 e. The highest BCUT2D eigenvalue weighted by molar-refractivity contribution is 6.00. The van der Waals surface area contributed by atoms with Crippen molar-refractivity contribution in [2.75, 3.05) is 20.3 Å². The fraction of sp³-hybridized carbons (Fsp3) is 0.241. The van der Waals surface area contributed by atoms with Crippen LogP contribution in [0.15, 0.2) is 72.8 Å². The van der Waals surface area contributed by atoms with Crippen molar-refractivity contribution in [2.24, 2.45) is 0 Å². The maximum atomic E-state index is 13.6. The standard InChI is InChI=1S/C29H29N3O4/c1-3-17-36-22-8-6-7-20(18-22)28-25-26(23-9-4-5-10-24(23)33)30-31-27(25)29(34)32(28)16-15-19-11-13-21(35-2)14-12-19/h4-14,18,28,33H,3,15-17H2,1-2H3,(H,30,31)/t28-/m0/s1. The summed E-state index contributed by atoms with van der Waals surface area (Å²) in [4.78, 5) is 15.5. The van der Waals surface area contributed by atoms with Gasteiger partial charge in [0.05, 0.1) is 19.8 Å². The van der Waals surface area contributed by atoms with E-state index in [4.69, 9.17) is 9.47 Å². The summed E-state index contributed by atoms with van der Waals surface area (Å²) in [6.07, 6.45) is 1.59. The smallest absolute Gasteiger partial charge is 0.273 e. The Hall–Kier alpha value is -4.26. The Balaban J connectivity index is 1.54. The van der Waals surface area contributed by atoms with Crippen LogP contribution in [0.5, 0.6) is 17.2 Å². The number of hydrogen-bond donors (Lipinski definition) is 2. The summed E-state index contributed by atoms with van der Waals surface area (Å²) in [5.74, 6) is 1.57. The van der Waals surface area contributed by atoms with Crippen LogP contribution in [0.3, 0.4) is 0 Å². The van der Waals surface area contributed by atoms with Gasteiger partial charge >= 0.3 is 0 Å². The van der Waals surface area contributed by atoms with Crippen LogP contribution in [-0.4, -0.2) is 46.4 Å². The van der Waals surface area contributed by atoms with Crippen molar-refractivity contribution in [2.45, 2.75) is 25.8 Å². The molecule has 3 aromatic carbocycles. The van der Waals surface area contributed by atoms with Gasteiger partial charge in [-0.2, -0.15) is 5.10 Å². The summed E-state index contributed by atoms with van der Waals surface area (Å²) >= 11 is 0. The van der Waals surface area contributed by atoms with Crippen molar-refractivity contribution in [3.05, 3.63) is 95.2 Å². The minimum atomic E-state index is -0.371. The highest BCUT2D eigenvalue weighted by atomic mass is 16.5. The molecule has 1 atom stereocenters. The van der Waals surface area contributed by atoms with E-state index in [-0.39, 0.29) is 17.7 Å². The number of aromatic hydroxyl groups is 1. The van der Waals surface area contributed by atoms with E-state index in [0.29, 0.717) is 36.5 Å². The van der Waals surface area contributed by atoms with E-state index in [2.05, 4.69) is 17.1 Å². The van der Waals surface area contributed by atoms with Crippen molar-refractivity contribution in [3.8, 4) is 28.5 Å². The van der Waals surface area contributed by atoms with Crippen LogP contribution in [0.2, 0.25) is 0 Å². The average molecular weight is 484 g/mol. The molecule has 1 aliphatic heterocycles. The molecule has 0 spiro atoms. The summed E-state index contributed by atoms with van der Waals surface area (Å²) in [5, 5.41) is 18.0. The van der Waals surface area contributed by atoms with Gasteiger partial charge in [0.15, 0.2) is 0 Å². The molecule has 0 fully saturated rings. The zero-order chi connectivity index (χ0) is 25.1. The first-order chi connectivity index (χ1) is 17.6. The maximum absolute atomic E-state index is 13.6. The number of H-pyrrole nitrogens is 1. The number of hydrogen-bond acceptors (Lipinski definition) is 5. The number of phenolic OH excluding ortho intramolecular Hbond substituents is 1. The van der Waals surface area contributed by atoms with Gasteiger partial charge in [0.1, 0.15) is 28.6 Å². The number of amides is 1. The van der Waals surface area contributed by atoms with Crippen molar-refractivity contribution in [1.29, 1.82) is 0 Å². The monoisotopic (exact) mass is 483 g/mol. The van der Waals surface area contributed by atoms with Crippen LogP contribution in [0.1, 0.15) is 46.6 Å². The molecule has 2 heterocycles. The average Bonchev–Trinajstić information content (AvgIpc) is 3.45. The minimum absolute atomic E-state index is 0.113. The number of phenols is 1. The first-order valence-electron chi connectivity index (χ1n) is 12.1. The fourth-order valence-corrected chi connectivity index (χ4v) is 4.69. The molecule has 2 N–H and O–H groups in total. The Morgan fingerprint density at radius 1 is 1.03 bits per heavy atom. The molecule has 7 heteroatoms. The maximum Gasteiger partial charge on any atom is 0.273 e. The number of aromatic amines is 1. The van der Waals surface area contributed by atoms with Crippen LogP contribution in [0.25, 0.3) is 11.3 Å². The second kappa shape index (κ2) is 10.2. The van der Waals surface area contributed by atoms with Gasteiger partial charge < -0.3 is 19.5 Å². The molecule has 1 aromatic heterocycles. The Labute approximate surface area is 210 Å². The molecule has 0 saturated carbocycles. The zero-order valence-electron chi connectivity index (χ0n) is 20.4. The van der Waals surface area contributed by atoms with Crippen molar-refractivity contribution in [3.63, 3.8) is 0 Å². The van der Waals surface area contributed by atoms with Gasteiger partial charge in [-0.3, -0.25) is 9.89 Å². The van der Waals surface area contributed by atoms with E-state index < -0.39 is 0 Å². The van der Waals surface area contributed by atoms with Crippen molar-refractivity contribution >= 4 is 5.91 Å². The van der Waals surface area contributed by atoms with E-state index in [1.807, 2.05) is 65.6 Å². The largest absolute Gasteiger partial charge is 0.507 e. The topological polar surface area (TPSA) is 87.7 Å². The summed E-state index contributed by atoms with van der Waals surface area (Å²) < 4.78 is 11.2. The van der Waals surface area contributed by atoms with Gasteiger partial charge in [-0.1, -0.05) is 43.3 Å². The van der Waals surface area contributed by atoms with Gasteiger partial charge in [-0.25, -0.2) is 0 Å². The molecule has 7 nitrogen and oxygen atoms in total. The molecule has 1 aliphatic rings. The molecule has 184 valence electrons. The third-order valence-corrected chi connectivity index (χ3v) is 6.47. The molecule has 36 heavy (non-hydrogen) atoms. The quantitative estimate of drug-likeness (QED) is 0.334. The Morgan fingerprint density at radius 3 is 2.58 bits per heavy atom. The predicted molar refractivity (Wildman–Crippen MR) is 137 cm³/mol. The van der Waals surface area contributed by atoms with Crippen molar-refractivity contribution < 1.29 is 19.4 Å². The predicted octanol–water partition coefficient (Wildman–Crippen LogP) is 5.37. The van der Waals surface area contributed by atoms with Gasteiger partial charge in [0, 0.05) is 17.7 Å². The number of benzene rings is 3. The number of aromatic nitrogens is 2. The lowest BCUT2D eigenvalue weighted by atomic mass is 9.95. The normalized spacial score (nSPS) is 14.7. The molecular weight excluding hydrogens is 454 g/mol. The lowest BCUT2D eigenvalue weighted by molar-refractivity contribution is 0.0745. The summed E-state index contributed by atoms with van der Waals surface area (Å²) in [6.45, 7) is 3.20. The lowest BCUT2D eigenvalue weighted by Crippen LogP contribution is -2.31. The number of nitrogens with one attached hydrogen (secondary N) is 1. The molecule has 0 bridgehead atoms. The second-order valence-corrected chi connectivity index (χ2v) is 8.80. The van der Waals surface area contributed by atoms with Crippen molar-refractivity contribution in [1.82, 2.24) is 15.1 Å².